The molecule has 0 aliphatic carbocycles. The van der Waals surface area contributed by atoms with Gasteiger partial charge in [-0.1, -0.05) is 362 Å². The highest BCUT2D eigenvalue weighted by Gasteiger charge is 2.30. The van der Waals surface area contributed by atoms with Crippen molar-refractivity contribution in [3.05, 3.63) is 0 Å². The van der Waals surface area contributed by atoms with Gasteiger partial charge in [0.25, 0.3) is 0 Å². The van der Waals surface area contributed by atoms with Crippen LogP contribution in [0.1, 0.15) is 413 Å². The normalized spacial score (nSPS) is 13.9. The van der Waals surface area contributed by atoms with Crippen LogP contribution in [-0.4, -0.2) is 96.7 Å². The van der Waals surface area contributed by atoms with Crippen LogP contribution in [0.15, 0.2) is 0 Å². The van der Waals surface area contributed by atoms with Gasteiger partial charge < -0.3 is 33.8 Å². The molecule has 5 atom stereocenters. The summed E-state index contributed by atoms with van der Waals surface area (Å²) in [6.45, 7) is 4.99. The van der Waals surface area contributed by atoms with Crippen LogP contribution in [0.3, 0.4) is 0 Å². The summed E-state index contributed by atoms with van der Waals surface area (Å²) in [4.78, 5) is 72.8. The lowest BCUT2D eigenvalue weighted by Gasteiger charge is -2.21. The Morgan fingerprint density at radius 3 is 0.615 bits per heavy atom. The number of phosphoric acid groups is 2. The molecule has 0 aliphatic heterocycles. The third-order valence-corrected chi connectivity index (χ3v) is 20.0. The van der Waals surface area contributed by atoms with Gasteiger partial charge in [-0.15, -0.1) is 0 Å². The van der Waals surface area contributed by atoms with Gasteiger partial charge in [0.15, 0.2) is 12.2 Å². The molecule has 0 saturated carbocycles. The molecular formula is C77H150O17P2. The molecule has 3 N–H and O–H groups in total. The Morgan fingerprint density at radius 2 is 0.417 bits per heavy atom. The van der Waals surface area contributed by atoms with Crippen LogP contribution in [0.4, 0.5) is 0 Å². The summed E-state index contributed by atoms with van der Waals surface area (Å²) < 4.78 is 68.5. The Kier molecular flexibility index (Phi) is 70.0. The summed E-state index contributed by atoms with van der Waals surface area (Å²) >= 11 is 0. The molecule has 2 unspecified atom stereocenters. The molecule has 0 bridgehead atoms. The van der Waals surface area contributed by atoms with Gasteiger partial charge in [-0.25, -0.2) is 9.13 Å². The van der Waals surface area contributed by atoms with Gasteiger partial charge in [0.05, 0.1) is 26.4 Å². The van der Waals surface area contributed by atoms with Gasteiger partial charge in [-0.3, -0.25) is 37.3 Å². The zero-order valence-electron chi connectivity index (χ0n) is 62.4. The summed E-state index contributed by atoms with van der Waals surface area (Å²) in [6.07, 6.45) is 62.3. The van der Waals surface area contributed by atoms with E-state index >= 15 is 0 Å². The summed E-state index contributed by atoms with van der Waals surface area (Å²) in [5, 5.41) is 10.6. The molecule has 570 valence electrons. The second-order valence-corrected chi connectivity index (χ2v) is 30.7. The van der Waals surface area contributed by atoms with Crippen molar-refractivity contribution < 1.29 is 80.2 Å². The maximum Gasteiger partial charge on any atom is 0.472 e. The van der Waals surface area contributed by atoms with Crippen LogP contribution in [-0.2, 0) is 65.4 Å². The molecule has 19 heteroatoms. The zero-order chi connectivity index (χ0) is 70.4. The first-order chi connectivity index (χ1) is 46.7. The molecule has 96 heavy (non-hydrogen) atoms. The van der Waals surface area contributed by atoms with Crippen molar-refractivity contribution in [1.82, 2.24) is 0 Å². The lowest BCUT2D eigenvalue weighted by atomic mass is 10.0. The van der Waals surface area contributed by atoms with Gasteiger partial charge in [0, 0.05) is 25.7 Å². The van der Waals surface area contributed by atoms with E-state index in [2.05, 4.69) is 27.7 Å². The van der Waals surface area contributed by atoms with E-state index in [9.17, 15) is 43.2 Å². The highest BCUT2D eigenvalue weighted by molar-refractivity contribution is 7.47. The number of hydrogen-bond acceptors (Lipinski definition) is 15. The van der Waals surface area contributed by atoms with Gasteiger partial charge in [0.2, 0.25) is 0 Å². The number of carbonyl (C=O) groups excluding carboxylic acids is 4. The largest absolute Gasteiger partial charge is 0.472 e. The topological polar surface area (TPSA) is 237 Å². The fraction of sp³-hybridized carbons (Fsp3) is 0.948. The Bertz CT molecular complexity index is 1830. The van der Waals surface area contributed by atoms with E-state index in [0.29, 0.717) is 25.7 Å². The Balaban J connectivity index is 5.21. The smallest absolute Gasteiger partial charge is 0.462 e. The molecule has 0 spiro atoms. The van der Waals surface area contributed by atoms with Gasteiger partial charge in [-0.05, 0) is 25.7 Å². The predicted molar refractivity (Wildman–Crippen MR) is 391 cm³/mol. The number of aliphatic hydroxyl groups excluding tert-OH is 1. The molecule has 0 aromatic heterocycles. The number of ether oxygens (including phenoxy) is 4. The van der Waals surface area contributed by atoms with Crippen molar-refractivity contribution in [2.45, 2.75) is 431 Å². The van der Waals surface area contributed by atoms with Crippen LogP contribution >= 0.6 is 15.6 Å². The second-order valence-electron chi connectivity index (χ2n) is 27.7. The molecule has 0 heterocycles. The first kappa shape index (κ1) is 94.1. The van der Waals surface area contributed by atoms with E-state index < -0.39 is 97.5 Å². The maximum absolute atomic E-state index is 13.1. The van der Waals surface area contributed by atoms with Crippen LogP contribution < -0.4 is 0 Å². The summed E-state index contributed by atoms with van der Waals surface area (Å²) in [5.41, 5.74) is 0. The molecule has 0 fully saturated rings. The van der Waals surface area contributed by atoms with Crippen molar-refractivity contribution in [2.75, 3.05) is 39.6 Å². The average Bonchev–Trinajstić information content (AvgIpc) is 1.66. The number of phosphoric ester groups is 2. The Morgan fingerprint density at radius 1 is 0.250 bits per heavy atom. The fourth-order valence-electron chi connectivity index (χ4n) is 11.9. The lowest BCUT2D eigenvalue weighted by molar-refractivity contribution is -0.161. The average molecular weight is 1410 g/mol. The summed E-state index contributed by atoms with van der Waals surface area (Å²) in [7, 11) is -9.91. The number of rotatable bonds is 78. The van der Waals surface area contributed by atoms with Gasteiger partial charge in [-0.2, -0.15) is 0 Å². The monoisotopic (exact) mass is 1410 g/mol. The number of aliphatic hydroxyl groups is 1. The molecule has 0 saturated heterocycles. The van der Waals surface area contributed by atoms with Crippen LogP contribution in [0, 0.1) is 0 Å². The van der Waals surface area contributed by atoms with E-state index in [0.717, 1.165) is 89.9 Å². The molecule has 17 nitrogen and oxygen atoms in total. The molecule has 0 aromatic rings. The third kappa shape index (κ3) is 70.5. The highest BCUT2D eigenvalue weighted by atomic mass is 31.2. The van der Waals surface area contributed by atoms with Crippen molar-refractivity contribution in [2.24, 2.45) is 0 Å². The molecule has 0 amide bonds. The first-order valence-corrected chi connectivity index (χ1v) is 43.3. The SMILES string of the molecule is CCCCCCCCCCCCCCCCCCCCCC(=O)O[C@H](COC(=O)CCCCCCCCCCCCCCCCC)COP(=O)(O)OC[C@@H](O)COP(=O)(O)OC[C@@H](COC(=O)CCCCCCCCCCC)OC(=O)CCCCCCCCCCCCCCC. The molecular weight excluding hydrogens is 1260 g/mol. The number of hydrogen-bond donors (Lipinski definition) is 3. The second kappa shape index (κ2) is 71.5. The van der Waals surface area contributed by atoms with E-state index in [-0.39, 0.29) is 25.7 Å². The molecule has 0 aliphatic rings. The predicted octanol–water partition coefficient (Wildman–Crippen LogP) is 23.0. The van der Waals surface area contributed by atoms with E-state index in [1.54, 1.807) is 0 Å². The van der Waals surface area contributed by atoms with Gasteiger partial charge >= 0.3 is 39.5 Å². The van der Waals surface area contributed by atoms with E-state index in [4.69, 9.17) is 37.0 Å². The first-order valence-electron chi connectivity index (χ1n) is 40.3. The quantitative estimate of drug-likeness (QED) is 0.0222. The van der Waals surface area contributed by atoms with Gasteiger partial charge in [0.1, 0.15) is 19.3 Å². The summed E-state index contributed by atoms with van der Waals surface area (Å²) in [6, 6.07) is 0. The lowest BCUT2D eigenvalue weighted by Crippen LogP contribution is -2.30. The van der Waals surface area contributed by atoms with Crippen molar-refractivity contribution in [3.8, 4) is 0 Å². The van der Waals surface area contributed by atoms with Crippen LogP contribution in [0.25, 0.3) is 0 Å². The maximum atomic E-state index is 13.1. The zero-order valence-corrected chi connectivity index (χ0v) is 64.1. The Hall–Kier alpha value is -1.94. The number of esters is 4. The minimum Gasteiger partial charge on any atom is -0.462 e. The molecule has 0 aromatic carbocycles. The minimum absolute atomic E-state index is 0.108. The molecule has 0 rings (SSSR count). The number of carbonyl (C=O) groups is 4. The third-order valence-electron chi connectivity index (χ3n) is 18.1. The molecule has 0 radical (unpaired) electrons. The highest BCUT2D eigenvalue weighted by Crippen LogP contribution is 2.45. The number of unbranched alkanes of at least 4 members (excludes halogenated alkanes) is 52. The van der Waals surface area contributed by atoms with Crippen molar-refractivity contribution >= 4 is 39.5 Å². The van der Waals surface area contributed by atoms with E-state index in [1.807, 2.05) is 0 Å². The minimum atomic E-state index is -4.96. The standard InChI is InChI=1S/C77H150O17P2/c1-5-9-13-17-21-25-28-31-33-34-35-36-38-41-44-48-52-56-60-64-77(82)94-73(68-88-75(80)62-58-54-50-46-42-40-37-32-29-26-22-18-14-10-6-2)70-92-96(85,86)90-66-71(78)65-89-95(83,84)91-69-72(67-87-74(79)61-57-53-49-45-24-20-16-12-8-4)93-76(81)63-59-55-51-47-43-39-30-27-23-19-15-11-7-3/h71-73,78H,5-70H2,1-4H3,(H,83,84)(H,85,86)/t71-,72+,73+/m0/s1. The van der Waals surface area contributed by atoms with Crippen LogP contribution in [0.2, 0.25) is 0 Å². The van der Waals surface area contributed by atoms with Crippen LogP contribution in [0.5, 0.6) is 0 Å². The Labute approximate surface area is 588 Å². The van der Waals surface area contributed by atoms with E-state index in [1.165, 1.54) is 244 Å². The van der Waals surface area contributed by atoms with Crippen molar-refractivity contribution in [1.29, 1.82) is 0 Å². The summed E-state index contributed by atoms with van der Waals surface area (Å²) in [5.74, 6) is -2.11. The van der Waals surface area contributed by atoms with Crippen molar-refractivity contribution in [3.63, 3.8) is 0 Å². The fourth-order valence-corrected chi connectivity index (χ4v) is 13.5.